The first-order valence-electron chi connectivity index (χ1n) is 6.93. The van der Waals surface area contributed by atoms with E-state index in [1.807, 2.05) is 0 Å². The number of hydrogen-bond acceptors (Lipinski definition) is 1. The van der Waals surface area contributed by atoms with Crippen LogP contribution in [0.5, 0.6) is 5.75 Å². The number of aryl methyl sites for hydroxylation is 1. The fraction of sp³-hybridized carbons (Fsp3) is 0.625. The largest absolute Gasteiger partial charge is 0.490 e. The molecule has 1 saturated carbocycles. The lowest BCUT2D eigenvalue weighted by Gasteiger charge is -2.32. The summed E-state index contributed by atoms with van der Waals surface area (Å²) in [5.74, 6) is 2.70. The average molecular weight is 232 g/mol. The number of ether oxygens (including phenoxy) is 1. The Kier molecular flexibility index (Phi) is 4.09. The Bertz CT molecular complexity index is 348. The summed E-state index contributed by atoms with van der Waals surface area (Å²) in [6.45, 7) is 6.88. The molecule has 0 aromatic heterocycles. The molecule has 0 radical (unpaired) electrons. The first kappa shape index (κ1) is 12.5. The number of benzene rings is 1. The third-order valence-electron chi connectivity index (χ3n) is 3.78. The minimum absolute atomic E-state index is 0.418. The fourth-order valence-corrected chi connectivity index (χ4v) is 3.06. The lowest BCUT2D eigenvalue weighted by molar-refractivity contribution is 0.100. The Morgan fingerprint density at radius 1 is 1.06 bits per heavy atom. The highest BCUT2D eigenvalue weighted by molar-refractivity contribution is 5.33. The molecule has 0 N–H and O–H groups in total. The fourth-order valence-electron chi connectivity index (χ4n) is 3.06. The van der Waals surface area contributed by atoms with Crippen LogP contribution >= 0.6 is 0 Å². The van der Waals surface area contributed by atoms with Crippen LogP contribution in [0.2, 0.25) is 0 Å². The standard InChI is InChI=1S/C16H24O/c1-4-14-7-5-6-8-16(14)17-15-10-12(2)9-13(3)11-15/h5-8,12-13,15H,4,9-11H2,1-3H3. The zero-order valence-electron chi connectivity index (χ0n) is 11.3. The molecular weight excluding hydrogens is 208 g/mol. The van der Waals surface area contributed by atoms with E-state index in [9.17, 15) is 0 Å². The van der Waals surface area contributed by atoms with E-state index in [1.165, 1.54) is 24.8 Å². The summed E-state index contributed by atoms with van der Waals surface area (Å²) in [5.41, 5.74) is 1.33. The van der Waals surface area contributed by atoms with Crippen LogP contribution < -0.4 is 4.74 Å². The Balaban J connectivity index is 2.04. The van der Waals surface area contributed by atoms with Crippen molar-refractivity contribution in [3.8, 4) is 5.75 Å². The molecule has 1 nitrogen and oxygen atoms in total. The van der Waals surface area contributed by atoms with Gasteiger partial charge in [-0.1, -0.05) is 39.0 Å². The lowest BCUT2D eigenvalue weighted by atomic mass is 9.82. The van der Waals surface area contributed by atoms with E-state index in [2.05, 4.69) is 45.0 Å². The highest BCUT2D eigenvalue weighted by Crippen LogP contribution is 2.32. The van der Waals surface area contributed by atoms with Crippen molar-refractivity contribution in [3.05, 3.63) is 29.8 Å². The molecule has 0 saturated heterocycles. The van der Waals surface area contributed by atoms with Gasteiger partial charge in [0.05, 0.1) is 6.10 Å². The predicted molar refractivity (Wildman–Crippen MR) is 72.4 cm³/mol. The van der Waals surface area contributed by atoms with Gasteiger partial charge in [-0.2, -0.15) is 0 Å². The molecule has 0 amide bonds. The average Bonchev–Trinajstić information content (AvgIpc) is 2.28. The van der Waals surface area contributed by atoms with E-state index in [1.54, 1.807) is 0 Å². The summed E-state index contributed by atoms with van der Waals surface area (Å²) in [4.78, 5) is 0. The molecule has 17 heavy (non-hydrogen) atoms. The van der Waals surface area contributed by atoms with Gasteiger partial charge in [-0.15, -0.1) is 0 Å². The molecule has 1 heteroatoms. The van der Waals surface area contributed by atoms with Crippen LogP contribution in [-0.2, 0) is 6.42 Å². The molecule has 1 aliphatic carbocycles. The molecule has 2 unspecified atom stereocenters. The third kappa shape index (κ3) is 3.24. The second-order valence-corrected chi connectivity index (χ2v) is 5.62. The smallest absolute Gasteiger partial charge is 0.122 e. The third-order valence-corrected chi connectivity index (χ3v) is 3.78. The predicted octanol–water partition coefficient (Wildman–Crippen LogP) is 4.45. The lowest BCUT2D eigenvalue weighted by Crippen LogP contribution is -2.28. The summed E-state index contributed by atoms with van der Waals surface area (Å²) in [7, 11) is 0. The van der Waals surface area contributed by atoms with E-state index >= 15 is 0 Å². The van der Waals surface area contributed by atoms with Gasteiger partial charge in [-0.3, -0.25) is 0 Å². The van der Waals surface area contributed by atoms with Gasteiger partial charge in [0, 0.05) is 0 Å². The maximum atomic E-state index is 6.22. The van der Waals surface area contributed by atoms with E-state index in [0.717, 1.165) is 24.0 Å². The van der Waals surface area contributed by atoms with Crippen LogP contribution in [0.1, 0.15) is 45.6 Å². The summed E-state index contributed by atoms with van der Waals surface area (Å²) in [6.07, 6.45) is 5.25. The van der Waals surface area contributed by atoms with Gasteiger partial charge < -0.3 is 4.74 Å². The van der Waals surface area contributed by atoms with E-state index in [4.69, 9.17) is 4.74 Å². The molecule has 0 aliphatic heterocycles. The summed E-state index contributed by atoms with van der Waals surface area (Å²) >= 11 is 0. The zero-order chi connectivity index (χ0) is 12.3. The van der Waals surface area contributed by atoms with Crippen LogP contribution in [0.15, 0.2) is 24.3 Å². The molecule has 1 aliphatic rings. The van der Waals surface area contributed by atoms with E-state index in [0.29, 0.717) is 6.10 Å². The maximum Gasteiger partial charge on any atom is 0.122 e. The Morgan fingerprint density at radius 2 is 1.71 bits per heavy atom. The van der Waals surface area contributed by atoms with Gasteiger partial charge in [-0.05, 0) is 49.1 Å². The first-order valence-corrected chi connectivity index (χ1v) is 6.93. The van der Waals surface area contributed by atoms with Gasteiger partial charge >= 0.3 is 0 Å². The van der Waals surface area contributed by atoms with E-state index in [-0.39, 0.29) is 0 Å². The van der Waals surface area contributed by atoms with Gasteiger partial charge in [0.2, 0.25) is 0 Å². The monoisotopic (exact) mass is 232 g/mol. The number of para-hydroxylation sites is 1. The second kappa shape index (κ2) is 5.57. The minimum Gasteiger partial charge on any atom is -0.490 e. The Labute approximate surface area is 105 Å². The summed E-state index contributed by atoms with van der Waals surface area (Å²) in [5, 5.41) is 0. The highest BCUT2D eigenvalue weighted by atomic mass is 16.5. The molecule has 0 bridgehead atoms. The van der Waals surface area contributed by atoms with Crippen LogP contribution in [-0.4, -0.2) is 6.10 Å². The van der Waals surface area contributed by atoms with Crippen molar-refractivity contribution < 1.29 is 4.74 Å². The van der Waals surface area contributed by atoms with Crippen molar-refractivity contribution in [1.29, 1.82) is 0 Å². The summed E-state index contributed by atoms with van der Waals surface area (Å²) < 4.78 is 6.22. The van der Waals surface area contributed by atoms with Gasteiger partial charge in [-0.25, -0.2) is 0 Å². The van der Waals surface area contributed by atoms with Crippen LogP contribution in [0, 0.1) is 11.8 Å². The van der Waals surface area contributed by atoms with Crippen molar-refractivity contribution in [2.75, 3.05) is 0 Å². The van der Waals surface area contributed by atoms with Gasteiger partial charge in [0.25, 0.3) is 0 Å². The van der Waals surface area contributed by atoms with E-state index < -0.39 is 0 Å². The molecule has 2 atom stereocenters. The van der Waals surface area contributed by atoms with Crippen LogP contribution in [0.3, 0.4) is 0 Å². The number of rotatable bonds is 3. The van der Waals surface area contributed by atoms with Crippen molar-refractivity contribution in [1.82, 2.24) is 0 Å². The van der Waals surface area contributed by atoms with Gasteiger partial charge in [0.1, 0.15) is 5.75 Å². The van der Waals surface area contributed by atoms with Gasteiger partial charge in [0.15, 0.2) is 0 Å². The molecular formula is C16H24O. The van der Waals surface area contributed by atoms with Crippen molar-refractivity contribution >= 4 is 0 Å². The summed E-state index contributed by atoms with van der Waals surface area (Å²) in [6, 6.07) is 8.45. The zero-order valence-corrected chi connectivity index (χ0v) is 11.3. The SMILES string of the molecule is CCc1ccccc1OC1CC(C)CC(C)C1. The second-order valence-electron chi connectivity index (χ2n) is 5.62. The molecule has 0 heterocycles. The quantitative estimate of drug-likeness (QED) is 0.748. The normalized spacial score (nSPS) is 29.0. The van der Waals surface area contributed by atoms with Crippen molar-refractivity contribution in [2.24, 2.45) is 11.8 Å². The van der Waals surface area contributed by atoms with Crippen LogP contribution in [0.25, 0.3) is 0 Å². The molecule has 1 aromatic rings. The minimum atomic E-state index is 0.418. The maximum absolute atomic E-state index is 6.22. The van der Waals surface area contributed by atoms with Crippen molar-refractivity contribution in [2.45, 2.75) is 52.6 Å². The molecule has 94 valence electrons. The Hall–Kier alpha value is -0.980. The Morgan fingerprint density at radius 3 is 2.35 bits per heavy atom. The molecule has 1 fully saturated rings. The first-order chi connectivity index (χ1) is 8.19. The van der Waals surface area contributed by atoms with Crippen LogP contribution in [0.4, 0.5) is 0 Å². The molecule has 1 aromatic carbocycles. The van der Waals surface area contributed by atoms with Crippen molar-refractivity contribution in [3.63, 3.8) is 0 Å². The molecule has 2 rings (SSSR count). The number of hydrogen-bond donors (Lipinski definition) is 0. The highest BCUT2D eigenvalue weighted by Gasteiger charge is 2.25. The topological polar surface area (TPSA) is 9.23 Å². The molecule has 0 spiro atoms.